The summed E-state index contributed by atoms with van der Waals surface area (Å²) in [5.41, 5.74) is 3.93. The Hall–Kier alpha value is -2.72. The minimum absolute atomic E-state index is 0.572. The maximum Gasteiger partial charge on any atom is 0.569 e. The molecule has 0 fully saturated rings. The van der Waals surface area contributed by atoms with Crippen molar-refractivity contribution in [3.8, 4) is 16.9 Å². The van der Waals surface area contributed by atoms with Crippen molar-refractivity contribution < 1.29 is 14.1 Å². The van der Waals surface area contributed by atoms with Crippen LogP contribution in [0.2, 0.25) is 0 Å². The molecule has 0 spiro atoms. The van der Waals surface area contributed by atoms with Crippen molar-refractivity contribution in [2.75, 3.05) is 0 Å². The molecule has 0 bridgehead atoms. The number of benzene rings is 3. The zero-order chi connectivity index (χ0) is 14.9. The predicted octanol–water partition coefficient (Wildman–Crippen LogP) is 4.16. The second-order valence-electron chi connectivity index (χ2n) is 5.06. The summed E-state index contributed by atoms with van der Waals surface area (Å²) in [5.74, 6) is 0.572. The Labute approximate surface area is 128 Å². The van der Waals surface area contributed by atoms with Crippen molar-refractivity contribution in [1.82, 2.24) is 0 Å². The summed E-state index contributed by atoms with van der Waals surface area (Å²) in [7, 11) is 0.679. The molecule has 0 saturated heterocycles. The van der Waals surface area contributed by atoms with E-state index in [4.69, 9.17) is 14.1 Å². The van der Waals surface area contributed by atoms with E-state index in [0.717, 1.165) is 33.1 Å². The maximum atomic E-state index is 8.78. The van der Waals surface area contributed by atoms with E-state index in [0.29, 0.717) is 13.4 Å². The summed E-state index contributed by atoms with van der Waals surface area (Å²) in [6.07, 6.45) is 0. The molecule has 1 N–H and O–H groups in total. The molecule has 0 amide bonds. The quantitative estimate of drug-likeness (QED) is 0.575. The van der Waals surface area contributed by atoms with Crippen LogP contribution in [0.25, 0.3) is 33.1 Å². The predicted molar refractivity (Wildman–Crippen MR) is 87.8 cm³/mol. The summed E-state index contributed by atoms with van der Waals surface area (Å²) in [6, 6.07) is 21.8. The molecule has 3 nitrogen and oxygen atoms in total. The highest BCUT2D eigenvalue weighted by atomic mass is 16.5. The molecule has 4 heteroatoms. The Bertz CT molecular complexity index is 945. The van der Waals surface area contributed by atoms with Crippen LogP contribution in [0.4, 0.5) is 0 Å². The van der Waals surface area contributed by atoms with Crippen LogP contribution >= 0.6 is 0 Å². The van der Waals surface area contributed by atoms with Gasteiger partial charge in [-0.05, 0) is 41.5 Å². The molecule has 0 aliphatic carbocycles. The molecule has 4 rings (SSSR count). The van der Waals surface area contributed by atoms with Gasteiger partial charge < -0.3 is 14.1 Å². The van der Waals surface area contributed by atoms with E-state index in [1.54, 1.807) is 6.07 Å². The lowest BCUT2D eigenvalue weighted by molar-refractivity contribution is 0.454. The minimum Gasteiger partial charge on any atom is -0.537 e. The molecule has 1 heterocycles. The van der Waals surface area contributed by atoms with Gasteiger partial charge in [-0.2, -0.15) is 0 Å². The number of hydrogen-bond acceptors (Lipinski definition) is 3. The number of rotatable bonds is 3. The second kappa shape index (κ2) is 5.24. The molecular weight excluding hydrogens is 275 g/mol. The van der Waals surface area contributed by atoms with Crippen LogP contribution < -0.4 is 4.65 Å². The highest BCUT2D eigenvalue weighted by Crippen LogP contribution is 2.34. The van der Waals surface area contributed by atoms with Gasteiger partial charge in [0, 0.05) is 10.8 Å². The van der Waals surface area contributed by atoms with Gasteiger partial charge in [-0.15, -0.1) is 0 Å². The zero-order valence-electron chi connectivity index (χ0n) is 11.7. The third kappa shape index (κ3) is 2.14. The lowest BCUT2D eigenvalue weighted by Crippen LogP contribution is -1.98. The van der Waals surface area contributed by atoms with Gasteiger partial charge in [0.25, 0.3) is 0 Å². The first-order chi connectivity index (χ1) is 10.8. The number of hydrogen-bond donors (Lipinski definition) is 1. The Morgan fingerprint density at radius 1 is 0.773 bits per heavy atom. The molecule has 0 atom stereocenters. The molecule has 0 aliphatic rings. The van der Waals surface area contributed by atoms with Crippen LogP contribution in [0.1, 0.15) is 0 Å². The molecule has 22 heavy (non-hydrogen) atoms. The van der Waals surface area contributed by atoms with E-state index in [1.807, 2.05) is 36.4 Å². The summed E-state index contributed by atoms with van der Waals surface area (Å²) >= 11 is 0. The monoisotopic (exact) mass is 287 g/mol. The molecule has 0 unspecified atom stereocenters. The fraction of sp³-hybridized carbons (Fsp3) is 0. The fourth-order valence-electron chi connectivity index (χ4n) is 2.70. The van der Waals surface area contributed by atoms with Gasteiger partial charge in [-0.25, -0.2) is 0 Å². The number of fused-ring (bicyclic) bond motifs is 3. The standard InChI is InChI=1S/C18H12BO3/c20-19-22-14-7-9-18-16(11-14)15-10-13(6-8-17(15)21-18)12-4-2-1-3-5-12/h1-11,20H. The second-order valence-corrected chi connectivity index (χ2v) is 5.06. The lowest BCUT2D eigenvalue weighted by Gasteiger charge is -2.02. The van der Waals surface area contributed by atoms with Crippen molar-refractivity contribution >= 4 is 29.6 Å². The number of furan rings is 1. The Morgan fingerprint density at radius 3 is 2.27 bits per heavy atom. The largest absolute Gasteiger partial charge is 0.569 e. The van der Waals surface area contributed by atoms with E-state index < -0.39 is 0 Å². The van der Waals surface area contributed by atoms with Gasteiger partial charge in [0.1, 0.15) is 16.9 Å². The third-order valence-corrected chi connectivity index (χ3v) is 3.74. The molecule has 3 aromatic carbocycles. The highest BCUT2D eigenvalue weighted by Gasteiger charge is 2.09. The van der Waals surface area contributed by atoms with Crippen LogP contribution in [0, 0.1) is 0 Å². The molecule has 0 aliphatic heterocycles. The smallest absolute Gasteiger partial charge is 0.537 e. The first kappa shape index (κ1) is 13.0. The van der Waals surface area contributed by atoms with Crippen molar-refractivity contribution in [1.29, 1.82) is 0 Å². The first-order valence-electron chi connectivity index (χ1n) is 6.99. The van der Waals surface area contributed by atoms with Gasteiger partial charge >= 0.3 is 7.69 Å². The van der Waals surface area contributed by atoms with E-state index in [1.165, 1.54) is 0 Å². The Morgan fingerprint density at radius 2 is 1.50 bits per heavy atom. The average molecular weight is 287 g/mol. The van der Waals surface area contributed by atoms with Gasteiger partial charge in [-0.1, -0.05) is 36.4 Å². The van der Waals surface area contributed by atoms with Crippen LogP contribution in [0.5, 0.6) is 5.75 Å². The van der Waals surface area contributed by atoms with Crippen LogP contribution in [-0.4, -0.2) is 12.7 Å². The lowest BCUT2D eigenvalue weighted by atomic mass is 10.0. The normalized spacial score (nSPS) is 11.0. The van der Waals surface area contributed by atoms with E-state index >= 15 is 0 Å². The minimum atomic E-state index is 0.572. The molecule has 1 aromatic heterocycles. The third-order valence-electron chi connectivity index (χ3n) is 3.74. The average Bonchev–Trinajstić information content (AvgIpc) is 2.93. The summed E-state index contributed by atoms with van der Waals surface area (Å²) in [6.45, 7) is 0. The van der Waals surface area contributed by atoms with Gasteiger partial charge in [0.2, 0.25) is 0 Å². The van der Waals surface area contributed by atoms with Crippen molar-refractivity contribution in [2.45, 2.75) is 0 Å². The van der Waals surface area contributed by atoms with Gasteiger partial charge in [0.05, 0.1) is 0 Å². The molecule has 105 valence electrons. The SMILES string of the molecule is O[B]Oc1ccc2oc3ccc(-c4ccccc4)cc3c2c1. The maximum absolute atomic E-state index is 8.78. The van der Waals surface area contributed by atoms with Gasteiger partial charge in [0.15, 0.2) is 0 Å². The van der Waals surface area contributed by atoms with Crippen molar-refractivity contribution in [3.05, 3.63) is 66.7 Å². The topological polar surface area (TPSA) is 42.6 Å². The van der Waals surface area contributed by atoms with Crippen molar-refractivity contribution in [2.24, 2.45) is 0 Å². The van der Waals surface area contributed by atoms with Crippen LogP contribution in [0.3, 0.4) is 0 Å². The Balaban J connectivity index is 1.93. The van der Waals surface area contributed by atoms with Gasteiger partial charge in [-0.3, -0.25) is 0 Å². The van der Waals surface area contributed by atoms with E-state index in [9.17, 15) is 0 Å². The van der Waals surface area contributed by atoms with Crippen molar-refractivity contribution in [3.63, 3.8) is 0 Å². The Kier molecular flexibility index (Phi) is 3.09. The van der Waals surface area contributed by atoms with Crippen LogP contribution in [0.15, 0.2) is 71.1 Å². The molecule has 0 saturated carbocycles. The molecule has 4 aromatic rings. The summed E-state index contributed by atoms with van der Waals surface area (Å²) in [5, 5.41) is 10.8. The summed E-state index contributed by atoms with van der Waals surface area (Å²) < 4.78 is 10.9. The summed E-state index contributed by atoms with van der Waals surface area (Å²) in [4.78, 5) is 0. The van der Waals surface area contributed by atoms with Crippen LogP contribution in [-0.2, 0) is 0 Å². The first-order valence-corrected chi connectivity index (χ1v) is 6.99. The fourth-order valence-corrected chi connectivity index (χ4v) is 2.70. The highest BCUT2D eigenvalue weighted by molar-refractivity contribution is 6.17. The molecule has 1 radical (unpaired) electrons. The molecular formula is C18H12BO3. The zero-order valence-corrected chi connectivity index (χ0v) is 11.7. The van der Waals surface area contributed by atoms with E-state index in [-0.39, 0.29) is 0 Å². The van der Waals surface area contributed by atoms with E-state index in [2.05, 4.69) is 24.3 Å².